The molecule has 1 fully saturated rings. The van der Waals surface area contributed by atoms with E-state index in [-0.39, 0.29) is 5.54 Å². The molecular formula is C15H21NO. The van der Waals surface area contributed by atoms with Crippen molar-refractivity contribution >= 4 is 5.78 Å². The Kier molecular flexibility index (Phi) is 3.34. The second kappa shape index (κ2) is 4.61. The molecule has 0 N–H and O–H groups in total. The van der Waals surface area contributed by atoms with Gasteiger partial charge in [-0.1, -0.05) is 31.2 Å². The molecule has 2 rings (SSSR count). The fourth-order valence-electron chi connectivity index (χ4n) is 2.45. The van der Waals surface area contributed by atoms with Crippen molar-refractivity contribution in [3.63, 3.8) is 0 Å². The molecule has 1 aliphatic rings. The first-order valence-corrected chi connectivity index (χ1v) is 6.36. The van der Waals surface area contributed by atoms with Crippen LogP contribution in [0.15, 0.2) is 24.3 Å². The minimum absolute atomic E-state index is 0.0144. The van der Waals surface area contributed by atoms with Crippen molar-refractivity contribution in [2.24, 2.45) is 0 Å². The van der Waals surface area contributed by atoms with Gasteiger partial charge in [0.2, 0.25) is 0 Å². The minimum Gasteiger partial charge on any atom is -0.298 e. The zero-order valence-electron chi connectivity index (χ0n) is 11.0. The van der Waals surface area contributed by atoms with E-state index in [2.05, 4.69) is 49.9 Å². The molecule has 17 heavy (non-hydrogen) atoms. The van der Waals surface area contributed by atoms with Gasteiger partial charge in [0.05, 0.1) is 6.54 Å². The normalized spacial score (nSPS) is 19.8. The van der Waals surface area contributed by atoms with Crippen LogP contribution in [-0.2, 0) is 17.8 Å². The fraction of sp³-hybridized carbons (Fsp3) is 0.533. The van der Waals surface area contributed by atoms with Crippen molar-refractivity contribution in [2.75, 3.05) is 6.54 Å². The van der Waals surface area contributed by atoms with Gasteiger partial charge >= 0.3 is 0 Å². The van der Waals surface area contributed by atoms with Gasteiger partial charge in [0.15, 0.2) is 0 Å². The Bertz CT molecular complexity index is 405. The lowest BCUT2D eigenvalue weighted by molar-refractivity contribution is -0.117. The van der Waals surface area contributed by atoms with Crippen LogP contribution in [0.2, 0.25) is 0 Å². The first-order chi connectivity index (χ1) is 8.01. The van der Waals surface area contributed by atoms with Crippen molar-refractivity contribution in [1.82, 2.24) is 4.90 Å². The molecule has 0 amide bonds. The summed E-state index contributed by atoms with van der Waals surface area (Å²) in [4.78, 5) is 13.8. The average Bonchev–Trinajstić information content (AvgIpc) is 2.53. The van der Waals surface area contributed by atoms with Gasteiger partial charge in [0.25, 0.3) is 0 Å². The SMILES string of the molecule is CCc1ccc(CN2CC(=O)CC2(C)C)cc1. The molecule has 1 aromatic carbocycles. The zero-order chi connectivity index (χ0) is 12.5. The van der Waals surface area contributed by atoms with E-state index < -0.39 is 0 Å². The summed E-state index contributed by atoms with van der Waals surface area (Å²) in [5, 5.41) is 0. The number of likely N-dealkylation sites (tertiary alicyclic amines) is 1. The smallest absolute Gasteiger partial charge is 0.148 e. The quantitative estimate of drug-likeness (QED) is 0.797. The first kappa shape index (κ1) is 12.3. The predicted octanol–water partition coefficient (Wildman–Crippen LogP) is 2.80. The Morgan fingerprint density at radius 3 is 2.24 bits per heavy atom. The van der Waals surface area contributed by atoms with Crippen LogP contribution in [0.3, 0.4) is 0 Å². The molecule has 1 aliphatic heterocycles. The van der Waals surface area contributed by atoms with E-state index in [9.17, 15) is 4.79 Å². The monoisotopic (exact) mass is 231 g/mol. The largest absolute Gasteiger partial charge is 0.298 e. The van der Waals surface area contributed by atoms with Crippen molar-refractivity contribution in [1.29, 1.82) is 0 Å². The third-order valence-corrected chi connectivity index (χ3v) is 3.66. The number of ketones is 1. The Hall–Kier alpha value is -1.15. The van der Waals surface area contributed by atoms with Crippen LogP contribution in [0.5, 0.6) is 0 Å². The summed E-state index contributed by atoms with van der Waals surface area (Å²) < 4.78 is 0. The average molecular weight is 231 g/mol. The van der Waals surface area contributed by atoms with Gasteiger partial charge in [-0.05, 0) is 31.4 Å². The number of benzene rings is 1. The molecule has 0 radical (unpaired) electrons. The number of hydrogen-bond donors (Lipinski definition) is 0. The van der Waals surface area contributed by atoms with E-state index in [1.165, 1.54) is 11.1 Å². The molecule has 0 spiro atoms. The van der Waals surface area contributed by atoms with Gasteiger partial charge in [-0.3, -0.25) is 9.69 Å². The summed E-state index contributed by atoms with van der Waals surface area (Å²) in [6.07, 6.45) is 1.76. The van der Waals surface area contributed by atoms with Crippen LogP contribution in [0.4, 0.5) is 0 Å². The second-order valence-corrected chi connectivity index (χ2v) is 5.55. The lowest BCUT2D eigenvalue weighted by Gasteiger charge is -2.30. The highest BCUT2D eigenvalue weighted by molar-refractivity contribution is 5.84. The highest BCUT2D eigenvalue weighted by Gasteiger charge is 2.36. The zero-order valence-corrected chi connectivity index (χ0v) is 11.0. The number of hydrogen-bond acceptors (Lipinski definition) is 2. The Labute approximate surface area is 104 Å². The molecule has 92 valence electrons. The molecule has 0 aromatic heterocycles. The van der Waals surface area contributed by atoms with Crippen LogP contribution >= 0.6 is 0 Å². The number of carbonyl (C=O) groups excluding carboxylic acids is 1. The summed E-state index contributed by atoms with van der Waals surface area (Å²) in [5.74, 6) is 0.361. The second-order valence-electron chi connectivity index (χ2n) is 5.55. The van der Waals surface area contributed by atoms with Gasteiger partial charge < -0.3 is 0 Å². The Morgan fingerprint density at radius 2 is 1.76 bits per heavy atom. The molecular weight excluding hydrogens is 210 g/mol. The van der Waals surface area contributed by atoms with Crippen molar-refractivity contribution in [2.45, 2.75) is 45.7 Å². The maximum atomic E-state index is 11.5. The van der Waals surface area contributed by atoms with Crippen LogP contribution in [0, 0.1) is 0 Å². The Balaban J connectivity index is 2.07. The Morgan fingerprint density at radius 1 is 1.18 bits per heavy atom. The predicted molar refractivity (Wildman–Crippen MR) is 69.9 cm³/mol. The van der Waals surface area contributed by atoms with Crippen LogP contribution in [0.1, 0.15) is 38.3 Å². The highest BCUT2D eigenvalue weighted by atomic mass is 16.1. The molecule has 0 bridgehead atoms. The summed E-state index contributed by atoms with van der Waals surface area (Å²) in [7, 11) is 0. The third-order valence-electron chi connectivity index (χ3n) is 3.66. The molecule has 0 unspecified atom stereocenters. The topological polar surface area (TPSA) is 20.3 Å². The lowest BCUT2D eigenvalue weighted by Crippen LogP contribution is -2.37. The summed E-state index contributed by atoms with van der Waals surface area (Å²) >= 11 is 0. The van der Waals surface area contributed by atoms with Crippen LogP contribution in [-0.4, -0.2) is 22.8 Å². The molecule has 2 heteroatoms. The fourth-order valence-corrected chi connectivity index (χ4v) is 2.45. The highest BCUT2D eigenvalue weighted by Crippen LogP contribution is 2.27. The van der Waals surface area contributed by atoms with E-state index in [4.69, 9.17) is 0 Å². The van der Waals surface area contributed by atoms with E-state index in [1.54, 1.807) is 0 Å². The van der Waals surface area contributed by atoms with E-state index in [0.29, 0.717) is 18.7 Å². The van der Waals surface area contributed by atoms with Crippen LogP contribution in [0.25, 0.3) is 0 Å². The maximum absolute atomic E-state index is 11.5. The lowest BCUT2D eigenvalue weighted by atomic mass is 10.0. The molecule has 1 saturated heterocycles. The maximum Gasteiger partial charge on any atom is 0.148 e. The molecule has 0 atom stereocenters. The van der Waals surface area contributed by atoms with Crippen molar-refractivity contribution in [3.05, 3.63) is 35.4 Å². The van der Waals surface area contributed by atoms with Gasteiger partial charge in [0, 0.05) is 18.5 Å². The number of nitrogens with zero attached hydrogens (tertiary/aromatic N) is 1. The van der Waals surface area contributed by atoms with E-state index in [0.717, 1.165) is 13.0 Å². The molecule has 1 aromatic rings. The summed E-state index contributed by atoms with van der Waals surface area (Å²) in [6, 6.07) is 8.72. The standard InChI is InChI=1S/C15H21NO/c1-4-12-5-7-13(8-6-12)10-16-11-14(17)9-15(16,2)3/h5-8H,4,9-11H2,1-3H3. The summed E-state index contributed by atoms with van der Waals surface area (Å²) in [5.41, 5.74) is 2.68. The summed E-state index contributed by atoms with van der Waals surface area (Å²) in [6.45, 7) is 7.94. The molecule has 0 aliphatic carbocycles. The number of carbonyl (C=O) groups is 1. The van der Waals surface area contributed by atoms with Gasteiger partial charge in [0.1, 0.15) is 5.78 Å². The van der Waals surface area contributed by atoms with Crippen molar-refractivity contribution < 1.29 is 4.79 Å². The minimum atomic E-state index is 0.0144. The van der Waals surface area contributed by atoms with E-state index in [1.807, 2.05) is 0 Å². The number of aryl methyl sites for hydroxylation is 1. The number of rotatable bonds is 3. The molecule has 2 nitrogen and oxygen atoms in total. The number of Topliss-reactive ketones (excluding diaryl/α,β-unsaturated/α-hetero) is 1. The third kappa shape index (κ3) is 2.75. The van der Waals surface area contributed by atoms with E-state index >= 15 is 0 Å². The van der Waals surface area contributed by atoms with Crippen LogP contribution < -0.4 is 0 Å². The van der Waals surface area contributed by atoms with Gasteiger partial charge in [-0.2, -0.15) is 0 Å². The van der Waals surface area contributed by atoms with Gasteiger partial charge in [-0.15, -0.1) is 0 Å². The molecule has 1 heterocycles. The van der Waals surface area contributed by atoms with Crippen molar-refractivity contribution in [3.8, 4) is 0 Å². The molecule has 0 saturated carbocycles. The first-order valence-electron chi connectivity index (χ1n) is 6.36. The van der Waals surface area contributed by atoms with Gasteiger partial charge in [-0.25, -0.2) is 0 Å².